The maximum Gasteiger partial charge on any atom is 0.268 e. The molecule has 100 valence electrons. The third kappa shape index (κ3) is 2.93. The minimum absolute atomic E-state index is 0.287. The molecule has 0 saturated heterocycles. The average Bonchev–Trinajstić information content (AvgIpc) is 2.81. The lowest BCUT2D eigenvalue weighted by molar-refractivity contribution is 0.0992. The number of amides is 1. The van der Waals surface area contributed by atoms with Gasteiger partial charge in [-0.05, 0) is 31.2 Å². The zero-order valence-corrected chi connectivity index (χ0v) is 11.6. The highest BCUT2D eigenvalue weighted by Crippen LogP contribution is 2.25. The van der Waals surface area contributed by atoms with Gasteiger partial charge in [-0.2, -0.15) is 0 Å². The van der Waals surface area contributed by atoms with Gasteiger partial charge in [0.2, 0.25) is 0 Å². The van der Waals surface area contributed by atoms with Crippen LogP contribution in [0.25, 0.3) is 0 Å². The fourth-order valence-corrected chi connectivity index (χ4v) is 2.65. The van der Waals surface area contributed by atoms with Crippen molar-refractivity contribution in [2.24, 2.45) is 0 Å². The number of carbonyl (C=O) groups excluding carboxylic acids is 1. The first-order valence-electron chi connectivity index (χ1n) is 5.55. The number of carbonyl (C=O) groups is 1. The molecule has 0 saturated carbocycles. The number of rotatable bonds is 3. The average molecular weight is 302 g/mol. The third-order valence-electron chi connectivity index (χ3n) is 2.56. The van der Waals surface area contributed by atoms with Crippen LogP contribution in [0.1, 0.15) is 16.6 Å². The van der Waals surface area contributed by atoms with E-state index in [1.807, 2.05) is 0 Å². The molecular weight excluding hydrogens is 292 g/mol. The highest BCUT2D eigenvalue weighted by atomic mass is 35.5. The highest BCUT2D eigenvalue weighted by molar-refractivity contribution is 7.18. The van der Waals surface area contributed by atoms with E-state index in [0.717, 1.165) is 23.5 Å². The normalized spacial score (nSPS) is 10.5. The van der Waals surface area contributed by atoms with Crippen LogP contribution in [0.15, 0.2) is 30.3 Å². The van der Waals surface area contributed by atoms with Crippen LogP contribution in [0.3, 0.4) is 0 Å². The van der Waals surface area contributed by atoms with Crippen LogP contribution in [0, 0.1) is 11.6 Å². The minimum atomic E-state index is -0.979. The molecular formula is C13H10ClF2NOS. The quantitative estimate of drug-likeness (QED) is 0.825. The largest absolute Gasteiger partial charge is 0.308 e. The summed E-state index contributed by atoms with van der Waals surface area (Å²) in [5.41, 5.74) is 0.316. The predicted molar refractivity (Wildman–Crippen MR) is 73.0 cm³/mol. The van der Waals surface area contributed by atoms with Gasteiger partial charge in [-0.25, -0.2) is 8.78 Å². The number of nitrogens with zero attached hydrogens (tertiary/aromatic N) is 1. The molecule has 2 rings (SSSR count). The molecule has 1 aromatic carbocycles. The molecule has 0 aliphatic heterocycles. The molecule has 0 N–H and O–H groups in total. The van der Waals surface area contributed by atoms with E-state index in [1.165, 1.54) is 11.0 Å². The van der Waals surface area contributed by atoms with Gasteiger partial charge in [-0.15, -0.1) is 11.3 Å². The molecule has 2 aromatic rings. The molecule has 2 nitrogen and oxygen atoms in total. The van der Waals surface area contributed by atoms with Gasteiger partial charge in [0.25, 0.3) is 5.91 Å². The van der Waals surface area contributed by atoms with E-state index in [9.17, 15) is 13.6 Å². The molecule has 6 heteroatoms. The van der Waals surface area contributed by atoms with Gasteiger partial charge in [0.05, 0.1) is 9.21 Å². The van der Waals surface area contributed by atoms with Crippen LogP contribution in [0.2, 0.25) is 4.34 Å². The van der Waals surface area contributed by atoms with Gasteiger partial charge in [0, 0.05) is 18.3 Å². The predicted octanol–water partition coefficient (Wildman–Crippen LogP) is 4.35. The minimum Gasteiger partial charge on any atom is -0.308 e. The molecule has 0 spiro atoms. The maximum absolute atomic E-state index is 13.2. The second-order valence-electron chi connectivity index (χ2n) is 3.75. The smallest absolute Gasteiger partial charge is 0.268 e. The van der Waals surface area contributed by atoms with E-state index in [1.54, 1.807) is 19.1 Å². The zero-order chi connectivity index (χ0) is 14.0. The third-order valence-corrected chi connectivity index (χ3v) is 3.78. The number of hydrogen-bond acceptors (Lipinski definition) is 2. The first-order valence-corrected chi connectivity index (χ1v) is 6.74. The van der Waals surface area contributed by atoms with Crippen LogP contribution in [0.4, 0.5) is 14.5 Å². The Labute approximate surface area is 118 Å². The fourth-order valence-electron chi connectivity index (χ4n) is 1.66. The van der Waals surface area contributed by atoms with Crippen LogP contribution < -0.4 is 4.90 Å². The van der Waals surface area contributed by atoms with Gasteiger partial charge in [0.1, 0.15) is 0 Å². The van der Waals surface area contributed by atoms with Crippen LogP contribution in [0.5, 0.6) is 0 Å². The van der Waals surface area contributed by atoms with E-state index in [0.29, 0.717) is 21.4 Å². The van der Waals surface area contributed by atoms with Crippen molar-refractivity contribution < 1.29 is 13.6 Å². The maximum atomic E-state index is 13.2. The number of anilines is 1. The number of halogens is 3. The Kier molecular flexibility index (Phi) is 4.17. The number of hydrogen-bond donors (Lipinski definition) is 0. The van der Waals surface area contributed by atoms with Gasteiger partial charge in [-0.1, -0.05) is 11.6 Å². The summed E-state index contributed by atoms with van der Waals surface area (Å²) in [6.45, 7) is 2.10. The van der Waals surface area contributed by atoms with Gasteiger partial charge < -0.3 is 4.90 Å². The zero-order valence-electron chi connectivity index (χ0n) is 9.99. The Bertz CT molecular complexity index is 614. The van der Waals surface area contributed by atoms with E-state index >= 15 is 0 Å². The van der Waals surface area contributed by atoms with Crippen molar-refractivity contribution in [3.05, 3.63) is 51.2 Å². The molecule has 1 aromatic heterocycles. The number of thiophene rings is 1. The van der Waals surface area contributed by atoms with Crippen LogP contribution in [-0.4, -0.2) is 12.5 Å². The Morgan fingerprint density at radius 1 is 1.26 bits per heavy atom. The Balaban J connectivity index is 2.33. The molecule has 0 fully saturated rings. The monoisotopic (exact) mass is 301 g/mol. The van der Waals surface area contributed by atoms with Gasteiger partial charge >= 0.3 is 0 Å². The van der Waals surface area contributed by atoms with Crippen LogP contribution >= 0.6 is 22.9 Å². The lowest BCUT2D eigenvalue weighted by Gasteiger charge is -2.20. The molecule has 0 unspecified atom stereocenters. The molecule has 19 heavy (non-hydrogen) atoms. The molecule has 0 bridgehead atoms. The molecule has 0 radical (unpaired) electrons. The highest BCUT2D eigenvalue weighted by Gasteiger charge is 2.19. The van der Waals surface area contributed by atoms with Crippen molar-refractivity contribution in [3.8, 4) is 0 Å². The van der Waals surface area contributed by atoms with Gasteiger partial charge in [-0.3, -0.25) is 4.79 Å². The molecule has 1 amide bonds. The molecule has 1 heterocycles. The summed E-state index contributed by atoms with van der Waals surface area (Å²) in [5, 5.41) is 0. The van der Waals surface area contributed by atoms with E-state index in [4.69, 9.17) is 11.6 Å². The van der Waals surface area contributed by atoms with Crippen molar-refractivity contribution in [1.82, 2.24) is 0 Å². The Morgan fingerprint density at radius 3 is 2.53 bits per heavy atom. The van der Waals surface area contributed by atoms with E-state index in [2.05, 4.69) is 0 Å². The second kappa shape index (κ2) is 5.67. The lowest BCUT2D eigenvalue weighted by atomic mass is 10.2. The van der Waals surface area contributed by atoms with Crippen molar-refractivity contribution >= 4 is 34.5 Å². The van der Waals surface area contributed by atoms with Crippen molar-refractivity contribution in [1.29, 1.82) is 0 Å². The summed E-state index contributed by atoms with van der Waals surface area (Å²) in [5.74, 6) is -2.20. The first kappa shape index (κ1) is 14.0. The van der Waals surface area contributed by atoms with E-state index < -0.39 is 11.6 Å². The van der Waals surface area contributed by atoms with Crippen LogP contribution in [-0.2, 0) is 0 Å². The second-order valence-corrected chi connectivity index (χ2v) is 5.47. The summed E-state index contributed by atoms with van der Waals surface area (Å²) >= 11 is 6.93. The molecule has 0 aliphatic rings. The lowest BCUT2D eigenvalue weighted by Crippen LogP contribution is -2.30. The topological polar surface area (TPSA) is 20.3 Å². The Morgan fingerprint density at radius 2 is 2.00 bits per heavy atom. The molecule has 0 aliphatic carbocycles. The Hall–Kier alpha value is -1.46. The molecule has 0 atom stereocenters. The number of benzene rings is 1. The van der Waals surface area contributed by atoms with Gasteiger partial charge in [0.15, 0.2) is 11.6 Å². The van der Waals surface area contributed by atoms with Crippen molar-refractivity contribution in [2.75, 3.05) is 11.4 Å². The van der Waals surface area contributed by atoms with E-state index in [-0.39, 0.29) is 5.91 Å². The first-order chi connectivity index (χ1) is 9.02. The fraction of sp³-hybridized carbons (Fsp3) is 0.154. The standard InChI is InChI=1S/C13H10ClF2NOS/c1-2-17(8-3-4-9(15)10(16)7-8)13(18)11-5-6-12(14)19-11/h3-7H,2H2,1H3. The van der Waals surface area contributed by atoms with Crippen molar-refractivity contribution in [2.45, 2.75) is 6.92 Å². The summed E-state index contributed by atoms with van der Waals surface area (Å²) in [7, 11) is 0. The summed E-state index contributed by atoms with van der Waals surface area (Å²) in [6, 6.07) is 6.61. The summed E-state index contributed by atoms with van der Waals surface area (Å²) in [6.07, 6.45) is 0. The summed E-state index contributed by atoms with van der Waals surface area (Å²) < 4.78 is 26.6. The van der Waals surface area contributed by atoms with Crippen molar-refractivity contribution in [3.63, 3.8) is 0 Å². The summed E-state index contributed by atoms with van der Waals surface area (Å²) in [4.78, 5) is 14.1. The SMILES string of the molecule is CCN(C(=O)c1ccc(Cl)s1)c1ccc(F)c(F)c1.